The Labute approximate surface area is 127 Å². The maximum absolute atomic E-state index is 12.0. The van der Waals surface area contributed by atoms with Gasteiger partial charge < -0.3 is 0 Å². The van der Waals surface area contributed by atoms with E-state index in [2.05, 4.69) is 10.5 Å². The average molecular weight is 297 g/mol. The summed E-state index contributed by atoms with van der Waals surface area (Å²) in [5, 5.41) is 14.7. The van der Waals surface area contributed by atoms with Crippen molar-refractivity contribution in [2.75, 3.05) is 0 Å². The van der Waals surface area contributed by atoms with Crippen LogP contribution in [0.3, 0.4) is 0 Å². The molecule has 0 bridgehead atoms. The molecule has 0 aliphatic heterocycles. The Morgan fingerprint density at radius 1 is 1.23 bits per heavy atom. The van der Waals surface area contributed by atoms with Crippen molar-refractivity contribution in [3.8, 4) is 0 Å². The molecule has 0 fully saturated rings. The summed E-state index contributed by atoms with van der Waals surface area (Å²) in [4.78, 5) is 22.3. The molecule has 0 aliphatic rings. The van der Waals surface area contributed by atoms with Crippen molar-refractivity contribution in [1.29, 1.82) is 0 Å². The van der Waals surface area contributed by atoms with E-state index in [1.165, 1.54) is 24.4 Å². The van der Waals surface area contributed by atoms with Gasteiger partial charge in [0, 0.05) is 6.07 Å². The van der Waals surface area contributed by atoms with E-state index in [-0.39, 0.29) is 11.3 Å². The molecule has 0 aliphatic carbocycles. The largest absolute Gasteiger partial charge is 0.282 e. The number of benzene rings is 2. The van der Waals surface area contributed by atoms with Gasteiger partial charge in [0.25, 0.3) is 11.6 Å². The molecule has 0 heterocycles. The monoisotopic (exact) mass is 297 g/mol. The van der Waals surface area contributed by atoms with Crippen LogP contribution in [0.4, 0.5) is 5.69 Å². The Morgan fingerprint density at radius 2 is 1.95 bits per heavy atom. The van der Waals surface area contributed by atoms with Crippen LogP contribution in [0.15, 0.2) is 47.6 Å². The zero-order valence-corrected chi connectivity index (χ0v) is 12.2. The Hall–Kier alpha value is -3.02. The van der Waals surface area contributed by atoms with Crippen LogP contribution in [0.5, 0.6) is 0 Å². The minimum Gasteiger partial charge on any atom is -0.267 e. The van der Waals surface area contributed by atoms with Crippen molar-refractivity contribution in [2.45, 2.75) is 13.8 Å². The van der Waals surface area contributed by atoms with Gasteiger partial charge in [0.05, 0.1) is 11.1 Å². The van der Waals surface area contributed by atoms with E-state index in [1.54, 1.807) is 6.07 Å². The summed E-state index contributed by atoms with van der Waals surface area (Å²) in [6.07, 6.45) is 1.52. The first kappa shape index (κ1) is 15.4. The number of para-hydroxylation sites is 1. The molecule has 2 aromatic rings. The quantitative estimate of drug-likeness (QED) is 0.535. The molecule has 0 saturated heterocycles. The van der Waals surface area contributed by atoms with Crippen molar-refractivity contribution in [3.63, 3.8) is 0 Å². The Morgan fingerprint density at radius 3 is 2.64 bits per heavy atom. The summed E-state index contributed by atoms with van der Waals surface area (Å²) in [5.74, 6) is -0.617. The third kappa shape index (κ3) is 3.54. The fourth-order valence-electron chi connectivity index (χ4n) is 2.02. The van der Waals surface area contributed by atoms with Gasteiger partial charge in [0.15, 0.2) is 0 Å². The minimum absolute atomic E-state index is 0.0229. The lowest BCUT2D eigenvalue weighted by atomic mass is 10.1. The number of nitro groups is 1. The molecule has 1 N–H and O–H groups in total. The van der Waals surface area contributed by atoms with Gasteiger partial charge in [-0.25, -0.2) is 5.43 Å². The van der Waals surface area contributed by atoms with Crippen LogP contribution < -0.4 is 5.43 Å². The summed E-state index contributed by atoms with van der Waals surface area (Å²) in [6.45, 7) is 3.93. The van der Waals surface area contributed by atoms with E-state index in [4.69, 9.17) is 0 Å². The highest BCUT2D eigenvalue weighted by molar-refractivity contribution is 5.98. The Kier molecular flexibility index (Phi) is 4.63. The predicted octanol–water partition coefficient (Wildman–Crippen LogP) is 2.98. The van der Waals surface area contributed by atoms with Crippen molar-refractivity contribution >= 4 is 17.8 Å². The van der Waals surface area contributed by atoms with Gasteiger partial charge in [-0.3, -0.25) is 14.9 Å². The van der Waals surface area contributed by atoms with Crippen LogP contribution in [0.2, 0.25) is 0 Å². The highest BCUT2D eigenvalue weighted by Gasteiger charge is 2.18. The zero-order valence-electron chi connectivity index (χ0n) is 12.2. The highest BCUT2D eigenvalue weighted by Crippen LogP contribution is 2.17. The molecule has 1 amide bonds. The van der Waals surface area contributed by atoms with Gasteiger partial charge in [-0.2, -0.15) is 5.10 Å². The molecule has 2 aromatic carbocycles. The topological polar surface area (TPSA) is 84.6 Å². The van der Waals surface area contributed by atoms with Crippen LogP contribution in [-0.2, 0) is 0 Å². The van der Waals surface area contributed by atoms with E-state index in [9.17, 15) is 14.9 Å². The van der Waals surface area contributed by atoms with Crippen LogP contribution in [0.1, 0.15) is 27.0 Å². The third-order valence-electron chi connectivity index (χ3n) is 3.14. The molecule has 0 saturated carbocycles. The fourth-order valence-corrected chi connectivity index (χ4v) is 2.02. The Bertz CT molecular complexity index is 754. The molecule has 0 unspecified atom stereocenters. The van der Waals surface area contributed by atoms with Crippen LogP contribution >= 0.6 is 0 Å². The van der Waals surface area contributed by atoms with Gasteiger partial charge >= 0.3 is 0 Å². The molecule has 0 aromatic heterocycles. The maximum atomic E-state index is 12.0. The molecule has 6 heteroatoms. The van der Waals surface area contributed by atoms with Gasteiger partial charge in [-0.05, 0) is 31.0 Å². The molecule has 22 heavy (non-hydrogen) atoms. The zero-order chi connectivity index (χ0) is 16.1. The SMILES string of the molecule is Cc1ccc(C=NNC(=O)c2ccccc2[N+](=O)[O-])c(C)c1. The second-order valence-corrected chi connectivity index (χ2v) is 4.83. The smallest absolute Gasteiger partial charge is 0.267 e. The van der Waals surface area contributed by atoms with E-state index in [0.29, 0.717) is 0 Å². The lowest BCUT2D eigenvalue weighted by Crippen LogP contribution is -2.19. The molecular formula is C16H15N3O3. The van der Waals surface area contributed by atoms with E-state index >= 15 is 0 Å². The van der Waals surface area contributed by atoms with E-state index < -0.39 is 10.8 Å². The first-order chi connectivity index (χ1) is 10.5. The number of nitro benzene ring substituents is 1. The molecular weight excluding hydrogens is 282 g/mol. The number of carbonyl (C=O) groups excluding carboxylic acids is 1. The lowest BCUT2D eigenvalue weighted by molar-refractivity contribution is -0.385. The predicted molar refractivity (Wildman–Crippen MR) is 84.1 cm³/mol. The summed E-state index contributed by atoms with van der Waals surface area (Å²) >= 11 is 0. The minimum atomic E-state index is -0.617. The molecule has 0 radical (unpaired) electrons. The first-order valence-electron chi connectivity index (χ1n) is 6.63. The number of amides is 1. The average Bonchev–Trinajstić information content (AvgIpc) is 2.49. The molecule has 6 nitrogen and oxygen atoms in total. The number of hydrazone groups is 1. The van der Waals surface area contributed by atoms with Gasteiger partial charge in [-0.1, -0.05) is 35.9 Å². The first-order valence-corrected chi connectivity index (χ1v) is 6.63. The third-order valence-corrected chi connectivity index (χ3v) is 3.14. The summed E-state index contributed by atoms with van der Waals surface area (Å²) in [5.41, 5.74) is 5.08. The fraction of sp³-hybridized carbons (Fsp3) is 0.125. The van der Waals surface area contributed by atoms with Crippen molar-refractivity contribution in [2.24, 2.45) is 5.10 Å². The van der Waals surface area contributed by atoms with Gasteiger partial charge in [0.2, 0.25) is 0 Å². The number of hydrogen-bond donors (Lipinski definition) is 1. The molecule has 0 spiro atoms. The number of nitrogens with zero attached hydrogens (tertiary/aromatic N) is 2. The van der Waals surface area contributed by atoms with Crippen molar-refractivity contribution in [1.82, 2.24) is 5.43 Å². The normalized spacial score (nSPS) is 10.6. The standard InChI is InChI=1S/C16H15N3O3/c1-11-7-8-13(12(2)9-11)10-17-18-16(20)14-5-3-4-6-15(14)19(21)22/h3-10H,1-2H3,(H,18,20). The summed E-state index contributed by atoms with van der Waals surface area (Å²) in [6, 6.07) is 11.6. The van der Waals surface area contributed by atoms with E-state index in [0.717, 1.165) is 16.7 Å². The van der Waals surface area contributed by atoms with Crippen LogP contribution in [-0.4, -0.2) is 17.0 Å². The second-order valence-electron chi connectivity index (χ2n) is 4.83. The highest BCUT2D eigenvalue weighted by atomic mass is 16.6. The summed E-state index contributed by atoms with van der Waals surface area (Å²) < 4.78 is 0. The number of carbonyl (C=O) groups is 1. The van der Waals surface area contributed by atoms with Gasteiger partial charge in [0.1, 0.15) is 5.56 Å². The number of nitrogens with one attached hydrogen (secondary N) is 1. The number of aryl methyl sites for hydroxylation is 2. The second kappa shape index (κ2) is 6.62. The number of rotatable bonds is 4. The van der Waals surface area contributed by atoms with Crippen LogP contribution in [0.25, 0.3) is 0 Å². The summed E-state index contributed by atoms with van der Waals surface area (Å²) in [7, 11) is 0. The number of hydrogen-bond acceptors (Lipinski definition) is 4. The van der Waals surface area contributed by atoms with Crippen molar-refractivity contribution < 1.29 is 9.72 Å². The molecule has 2 rings (SSSR count). The lowest BCUT2D eigenvalue weighted by Gasteiger charge is -2.03. The Balaban J connectivity index is 2.13. The van der Waals surface area contributed by atoms with Crippen molar-refractivity contribution in [3.05, 3.63) is 74.8 Å². The van der Waals surface area contributed by atoms with E-state index in [1.807, 2.05) is 32.0 Å². The van der Waals surface area contributed by atoms with Crippen LogP contribution in [0, 0.1) is 24.0 Å². The maximum Gasteiger partial charge on any atom is 0.282 e. The van der Waals surface area contributed by atoms with Gasteiger partial charge in [-0.15, -0.1) is 0 Å². The molecule has 112 valence electrons. The molecule has 0 atom stereocenters.